The summed E-state index contributed by atoms with van der Waals surface area (Å²) in [7, 11) is 3.86. The lowest BCUT2D eigenvalue weighted by Crippen LogP contribution is -2.51. The first-order valence-corrected chi connectivity index (χ1v) is 11.8. The molecule has 3 amide bonds. The smallest absolute Gasteiger partial charge is 0.318 e. The summed E-state index contributed by atoms with van der Waals surface area (Å²) in [6, 6.07) is 0.975. The van der Waals surface area contributed by atoms with Crippen LogP contribution in [-0.4, -0.2) is 94.8 Å². The Kier molecular flexibility index (Phi) is 9.54. The molecule has 1 aliphatic carbocycles. The maximum Gasteiger partial charge on any atom is 0.318 e. The van der Waals surface area contributed by atoms with Gasteiger partial charge in [0, 0.05) is 19.3 Å². The van der Waals surface area contributed by atoms with Crippen molar-refractivity contribution in [1.29, 1.82) is 0 Å². The standard InChI is InChI=1S/C22H35N7O5/c1-27(2)11-12-34-22-23-9-8-19(26-22)25-20(31)18-7-10-24-29(18)21(32)17(14-28(33)15-30)13-16-5-3-4-6-16/h8-9,15-18,24,33H,3-7,10-14H2,1-2H3,(H,23,25,26,31). The number of nitrogens with one attached hydrogen (secondary N) is 2. The van der Waals surface area contributed by atoms with Crippen LogP contribution in [0, 0.1) is 11.8 Å². The van der Waals surface area contributed by atoms with Gasteiger partial charge >= 0.3 is 6.01 Å². The molecule has 1 saturated heterocycles. The number of hydrogen-bond acceptors (Lipinski definition) is 9. The molecule has 0 bridgehead atoms. The zero-order valence-corrected chi connectivity index (χ0v) is 19.9. The summed E-state index contributed by atoms with van der Waals surface area (Å²) in [4.78, 5) is 47.6. The Morgan fingerprint density at radius 1 is 1.35 bits per heavy atom. The van der Waals surface area contributed by atoms with E-state index in [0.717, 1.165) is 25.7 Å². The molecule has 2 heterocycles. The first-order valence-electron chi connectivity index (χ1n) is 11.8. The summed E-state index contributed by atoms with van der Waals surface area (Å²) in [6.45, 7) is 1.45. The molecule has 1 aromatic heterocycles. The van der Waals surface area contributed by atoms with E-state index < -0.39 is 12.0 Å². The van der Waals surface area contributed by atoms with Crippen LogP contribution in [0.4, 0.5) is 5.82 Å². The number of carbonyl (C=O) groups is 3. The second-order valence-corrected chi connectivity index (χ2v) is 9.10. The van der Waals surface area contributed by atoms with Crippen LogP contribution in [0.15, 0.2) is 12.3 Å². The minimum atomic E-state index is -0.741. The second-order valence-electron chi connectivity index (χ2n) is 9.10. The quantitative estimate of drug-likeness (QED) is 0.223. The van der Waals surface area contributed by atoms with Gasteiger partial charge in [0.1, 0.15) is 18.5 Å². The minimum Gasteiger partial charge on any atom is -0.462 e. The summed E-state index contributed by atoms with van der Waals surface area (Å²) in [5, 5.41) is 14.3. The van der Waals surface area contributed by atoms with Crippen LogP contribution in [0.3, 0.4) is 0 Å². The highest BCUT2D eigenvalue weighted by atomic mass is 16.5. The van der Waals surface area contributed by atoms with Crippen molar-refractivity contribution in [3.8, 4) is 6.01 Å². The van der Waals surface area contributed by atoms with E-state index in [2.05, 4.69) is 20.7 Å². The van der Waals surface area contributed by atoms with Crippen molar-refractivity contribution in [1.82, 2.24) is 30.4 Å². The fourth-order valence-electron chi connectivity index (χ4n) is 4.42. The first kappa shape index (κ1) is 25.8. The first-order chi connectivity index (χ1) is 16.4. The van der Waals surface area contributed by atoms with Crippen LogP contribution >= 0.6 is 0 Å². The number of likely N-dealkylation sites (N-methyl/N-ethyl adjacent to an activating group) is 1. The van der Waals surface area contributed by atoms with Gasteiger partial charge in [-0.2, -0.15) is 4.98 Å². The third kappa shape index (κ3) is 7.34. The Morgan fingerprint density at radius 3 is 2.82 bits per heavy atom. The van der Waals surface area contributed by atoms with Crippen molar-refractivity contribution in [2.75, 3.05) is 45.7 Å². The maximum atomic E-state index is 13.4. The molecule has 2 fully saturated rings. The molecular formula is C22H35N7O5. The average molecular weight is 478 g/mol. The van der Waals surface area contributed by atoms with Gasteiger partial charge in [-0.05, 0) is 38.9 Å². The van der Waals surface area contributed by atoms with Crippen molar-refractivity contribution < 1.29 is 24.3 Å². The predicted molar refractivity (Wildman–Crippen MR) is 123 cm³/mol. The summed E-state index contributed by atoms with van der Waals surface area (Å²) in [5.74, 6) is -0.636. The highest BCUT2D eigenvalue weighted by Gasteiger charge is 2.39. The van der Waals surface area contributed by atoms with E-state index in [4.69, 9.17) is 4.74 Å². The number of anilines is 1. The molecule has 1 saturated carbocycles. The Morgan fingerprint density at radius 2 is 2.12 bits per heavy atom. The lowest BCUT2D eigenvalue weighted by atomic mass is 9.92. The van der Waals surface area contributed by atoms with E-state index >= 15 is 0 Å². The molecule has 2 unspecified atom stereocenters. The number of ether oxygens (including phenoxy) is 1. The van der Waals surface area contributed by atoms with E-state index in [1.54, 1.807) is 6.07 Å². The van der Waals surface area contributed by atoms with Crippen molar-refractivity contribution in [2.45, 2.75) is 44.6 Å². The van der Waals surface area contributed by atoms with E-state index in [-0.39, 0.29) is 30.2 Å². The number of rotatable bonds is 12. The molecule has 3 N–H and O–H groups in total. The number of amides is 3. The Hall–Kier alpha value is -2.83. The highest BCUT2D eigenvalue weighted by molar-refractivity contribution is 5.97. The van der Waals surface area contributed by atoms with Crippen molar-refractivity contribution >= 4 is 24.0 Å². The zero-order valence-electron chi connectivity index (χ0n) is 19.9. The van der Waals surface area contributed by atoms with E-state index in [9.17, 15) is 19.6 Å². The van der Waals surface area contributed by atoms with Crippen LogP contribution in [0.25, 0.3) is 0 Å². The minimum absolute atomic E-state index is 0.106. The Balaban J connectivity index is 1.63. The number of hydroxylamine groups is 2. The number of hydrogen-bond donors (Lipinski definition) is 3. The third-order valence-electron chi connectivity index (χ3n) is 6.18. The van der Waals surface area contributed by atoms with Gasteiger partial charge in [-0.25, -0.2) is 15.5 Å². The van der Waals surface area contributed by atoms with Gasteiger partial charge in [0.05, 0.1) is 12.5 Å². The van der Waals surface area contributed by atoms with Gasteiger partial charge in [0.15, 0.2) is 0 Å². The third-order valence-corrected chi connectivity index (χ3v) is 6.18. The number of aromatic nitrogens is 2. The fourth-order valence-corrected chi connectivity index (χ4v) is 4.42. The summed E-state index contributed by atoms with van der Waals surface area (Å²) >= 11 is 0. The SMILES string of the molecule is CN(C)CCOc1nccc(NC(=O)C2CCNN2C(=O)C(CC2CCCC2)CN(O)C=O)n1. The van der Waals surface area contributed by atoms with Crippen molar-refractivity contribution in [3.63, 3.8) is 0 Å². The molecule has 2 aliphatic rings. The highest BCUT2D eigenvalue weighted by Crippen LogP contribution is 2.31. The van der Waals surface area contributed by atoms with E-state index in [1.165, 1.54) is 11.2 Å². The monoisotopic (exact) mass is 477 g/mol. The van der Waals surface area contributed by atoms with E-state index in [0.29, 0.717) is 49.9 Å². The lowest BCUT2D eigenvalue weighted by Gasteiger charge is -2.29. The lowest BCUT2D eigenvalue weighted by molar-refractivity contribution is -0.159. The van der Waals surface area contributed by atoms with E-state index in [1.807, 2.05) is 19.0 Å². The maximum absolute atomic E-state index is 13.4. The molecule has 0 spiro atoms. The molecule has 1 aromatic rings. The fraction of sp³-hybridized carbons (Fsp3) is 0.682. The predicted octanol–water partition coefficient (Wildman–Crippen LogP) is 0.505. The molecule has 0 radical (unpaired) electrons. The Labute approximate surface area is 199 Å². The molecule has 34 heavy (non-hydrogen) atoms. The normalized spacial score (nSPS) is 19.3. The van der Waals surface area contributed by atoms with Crippen LogP contribution in [-0.2, 0) is 14.4 Å². The zero-order chi connectivity index (χ0) is 24.5. The van der Waals surface area contributed by atoms with Crippen LogP contribution < -0.4 is 15.5 Å². The second kappa shape index (κ2) is 12.6. The summed E-state index contributed by atoms with van der Waals surface area (Å²) < 4.78 is 5.52. The molecule has 2 atom stereocenters. The molecule has 0 aromatic carbocycles. The van der Waals surface area contributed by atoms with Crippen LogP contribution in [0.5, 0.6) is 6.01 Å². The number of hydrazine groups is 1. The summed E-state index contributed by atoms with van der Waals surface area (Å²) in [5.41, 5.74) is 2.99. The largest absolute Gasteiger partial charge is 0.462 e. The van der Waals surface area contributed by atoms with Crippen LogP contribution in [0.1, 0.15) is 38.5 Å². The average Bonchev–Trinajstić information content (AvgIpc) is 3.50. The molecule has 3 rings (SSSR count). The van der Waals surface area contributed by atoms with Gasteiger partial charge in [0.2, 0.25) is 18.2 Å². The van der Waals surface area contributed by atoms with Gasteiger partial charge in [0.25, 0.3) is 0 Å². The molecule has 188 valence electrons. The molecule has 12 nitrogen and oxygen atoms in total. The van der Waals surface area contributed by atoms with Gasteiger partial charge in [-0.1, -0.05) is 25.7 Å². The van der Waals surface area contributed by atoms with Crippen LogP contribution in [0.2, 0.25) is 0 Å². The van der Waals surface area contributed by atoms with Crippen molar-refractivity contribution in [3.05, 3.63) is 12.3 Å². The van der Waals surface area contributed by atoms with Gasteiger partial charge in [-0.3, -0.25) is 24.6 Å². The number of carbonyl (C=O) groups excluding carboxylic acids is 3. The van der Waals surface area contributed by atoms with Gasteiger partial charge in [-0.15, -0.1) is 0 Å². The molecule has 1 aliphatic heterocycles. The molecular weight excluding hydrogens is 442 g/mol. The number of nitrogens with zero attached hydrogens (tertiary/aromatic N) is 5. The molecule has 12 heteroatoms. The van der Waals surface area contributed by atoms with Gasteiger partial charge < -0.3 is 15.0 Å². The summed E-state index contributed by atoms with van der Waals surface area (Å²) in [6.07, 6.45) is 7.09. The topological polar surface area (TPSA) is 140 Å². The Bertz CT molecular complexity index is 834. The van der Waals surface area contributed by atoms with Crippen molar-refractivity contribution in [2.24, 2.45) is 11.8 Å².